The number of aromatic nitrogens is 2. The van der Waals surface area contributed by atoms with Crippen molar-refractivity contribution in [3.63, 3.8) is 0 Å². The van der Waals surface area contributed by atoms with E-state index in [0.717, 1.165) is 25.0 Å². The molecule has 0 unspecified atom stereocenters. The van der Waals surface area contributed by atoms with Gasteiger partial charge >= 0.3 is 6.03 Å². The number of nitrogens with zero attached hydrogens (tertiary/aromatic N) is 3. The van der Waals surface area contributed by atoms with Gasteiger partial charge in [0.1, 0.15) is 17.7 Å². The Kier molecular flexibility index (Phi) is 4.73. The van der Waals surface area contributed by atoms with Crippen molar-refractivity contribution >= 4 is 6.03 Å². The number of likely N-dealkylation sites (tertiary alicyclic amines) is 1. The number of halogens is 2. The van der Waals surface area contributed by atoms with Crippen LogP contribution in [-0.2, 0) is 0 Å². The Morgan fingerprint density at radius 3 is 3.04 bits per heavy atom. The fraction of sp³-hybridized carbons (Fsp3) is 0.438. The molecule has 2 amide bonds. The van der Waals surface area contributed by atoms with Gasteiger partial charge in [0, 0.05) is 19.2 Å². The van der Waals surface area contributed by atoms with Crippen LogP contribution < -0.4 is 5.32 Å². The van der Waals surface area contributed by atoms with Gasteiger partial charge in [0.25, 0.3) is 0 Å². The van der Waals surface area contributed by atoms with Crippen molar-refractivity contribution in [3.8, 4) is 11.4 Å². The molecule has 1 saturated heterocycles. The fourth-order valence-corrected chi connectivity index (χ4v) is 2.75. The van der Waals surface area contributed by atoms with Crippen molar-refractivity contribution in [2.24, 2.45) is 0 Å². The minimum atomic E-state index is -0.758. The monoisotopic (exact) mass is 336 g/mol. The third-order valence-corrected chi connectivity index (χ3v) is 3.94. The second kappa shape index (κ2) is 6.94. The van der Waals surface area contributed by atoms with E-state index in [1.54, 1.807) is 4.90 Å². The minimum absolute atomic E-state index is 0.0447. The second-order valence-corrected chi connectivity index (χ2v) is 5.66. The molecular formula is C16H18F2N4O2. The Morgan fingerprint density at radius 2 is 2.29 bits per heavy atom. The molecule has 1 atom stereocenters. The first-order chi connectivity index (χ1) is 11.6. The highest BCUT2D eigenvalue weighted by Gasteiger charge is 2.34. The van der Waals surface area contributed by atoms with E-state index in [1.807, 2.05) is 6.92 Å². The summed E-state index contributed by atoms with van der Waals surface area (Å²) in [5, 5.41) is 6.59. The molecule has 0 radical (unpaired) electrons. The third kappa shape index (κ3) is 3.22. The van der Waals surface area contributed by atoms with Gasteiger partial charge in [0.05, 0.1) is 5.56 Å². The summed E-state index contributed by atoms with van der Waals surface area (Å²) < 4.78 is 32.1. The molecule has 2 heterocycles. The van der Waals surface area contributed by atoms with E-state index in [2.05, 4.69) is 15.5 Å². The highest BCUT2D eigenvalue weighted by molar-refractivity contribution is 5.74. The zero-order chi connectivity index (χ0) is 17.1. The molecule has 1 fully saturated rings. The van der Waals surface area contributed by atoms with Gasteiger partial charge in [-0.05, 0) is 31.4 Å². The van der Waals surface area contributed by atoms with Gasteiger partial charge in [-0.15, -0.1) is 0 Å². The molecule has 0 spiro atoms. The standard InChI is InChI=1S/C16H18F2N4O2/c1-2-7-19-16(23)22-8-3-4-13(22)15-20-14(21-24-15)11-6-5-10(17)9-12(11)18/h5-6,9,13H,2-4,7-8H2,1H3,(H,19,23)/t13-/m1/s1. The van der Waals surface area contributed by atoms with Crippen LogP contribution in [0.5, 0.6) is 0 Å². The summed E-state index contributed by atoms with van der Waals surface area (Å²) in [6, 6.07) is 2.67. The molecule has 1 N–H and O–H groups in total. The fourth-order valence-electron chi connectivity index (χ4n) is 2.75. The van der Waals surface area contributed by atoms with Crippen molar-refractivity contribution in [3.05, 3.63) is 35.7 Å². The van der Waals surface area contributed by atoms with Crippen molar-refractivity contribution in [1.29, 1.82) is 0 Å². The molecular weight excluding hydrogens is 318 g/mol. The number of rotatable bonds is 4. The number of amides is 2. The molecule has 128 valence electrons. The van der Waals surface area contributed by atoms with E-state index in [1.165, 1.54) is 6.07 Å². The zero-order valence-corrected chi connectivity index (χ0v) is 13.3. The lowest BCUT2D eigenvalue weighted by Crippen LogP contribution is -2.39. The number of carbonyl (C=O) groups is 1. The highest BCUT2D eigenvalue weighted by atomic mass is 19.1. The zero-order valence-electron chi connectivity index (χ0n) is 13.3. The molecule has 0 aliphatic carbocycles. The first kappa shape index (κ1) is 16.4. The van der Waals surface area contributed by atoms with Crippen LogP contribution in [0.1, 0.15) is 38.1 Å². The van der Waals surface area contributed by atoms with Crippen molar-refractivity contribution in [2.45, 2.75) is 32.2 Å². The third-order valence-electron chi connectivity index (χ3n) is 3.94. The molecule has 24 heavy (non-hydrogen) atoms. The predicted octanol–water partition coefficient (Wildman–Crippen LogP) is 3.27. The number of urea groups is 1. The Morgan fingerprint density at radius 1 is 1.46 bits per heavy atom. The van der Waals surface area contributed by atoms with Gasteiger partial charge < -0.3 is 14.7 Å². The van der Waals surface area contributed by atoms with Crippen LogP contribution in [0.2, 0.25) is 0 Å². The summed E-state index contributed by atoms with van der Waals surface area (Å²) >= 11 is 0. The van der Waals surface area contributed by atoms with Crippen LogP contribution in [-0.4, -0.2) is 34.2 Å². The van der Waals surface area contributed by atoms with Crippen LogP contribution in [0.15, 0.2) is 22.7 Å². The quantitative estimate of drug-likeness (QED) is 0.930. The SMILES string of the molecule is CCCNC(=O)N1CCC[C@@H]1c1nc(-c2ccc(F)cc2F)no1. The Labute approximate surface area is 137 Å². The molecule has 1 aromatic heterocycles. The van der Waals surface area contributed by atoms with E-state index in [-0.39, 0.29) is 29.4 Å². The summed E-state index contributed by atoms with van der Waals surface area (Å²) in [6.45, 7) is 3.17. The van der Waals surface area contributed by atoms with Gasteiger partial charge in [0.2, 0.25) is 11.7 Å². The second-order valence-electron chi connectivity index (χ2n) is 5.66. The maximum Gasteiger partial charge on any atom is 0.318 e. The van der Waals surface area contributed by atoms with Gasteiger partial charge in [-0.25, -0.2) is 13.6 Å². The van der Waals surface area contributed by atoms with E-state index in [9.17, 15) is 13.6 Å². The van der Waals surface area contributed by atoms with E-state index < -0.39 is 11.6 Å². The van der Waals surface area contributed by atoms with E-state index in [4.69, 9.17) is 4.52 Å². The Balaban J connectivity index is 1.80. The molecule has 3 rings (SSSR count). The number of nitrogens with one attached hydrogen (secondary N) is 1. The van der Waals surface area contributed by atoms with Crippen molar-refractivity contribution in [1.82, 2.24) is 20.4 Å². The summed E-state index contributed by atoms with van der Waals surface area (Å²) in [5.74, 6) is -1.12. The maximum absolute atomic E-state index is 13.8. The van der Waals surface area contributed by atoms with Crippen LogP contribution in [0.4, 0.5) is 13.6 Å². The smallest absolute Gasteiger partial charge is 0.318 e. The lowest BCUT2D eigenvalue weighted by molar-refractivity contribution is 0.180. The van der Waals surface area contributed by atoms with Crippen molar-refractivity contribution in [2.75, 3.05) is 13.1 Å². The van der Waals surface area contributed by atoms with E-state index >= 15 is 0 Å². The molecule has 0 bridgehead atoms. The molecule has 1 aliphatic rings. The number of benzene rings is 1. The van der Waals surface area contributed by atoms with Crippen molar-refractivity contribution < 1.29 is 18.1 Å². The first-order valence-corrected chi connectivity index (χ1v) is 7.93. The number of hydrogen-bond donors (Lipinski definition) is 1. The minimum Gasteiger partial charge on any atom is -0.338 e. The molecule has 1 aliphatic heterocycles. The predicted molar refractivity (Wildman–Crippen MR) is 82.0 cm³/mol. The van der Waals surface area contributed by atoms with Gasteiger partial charge in [-0.3, -0.25) is 0 Å². The molecule has 0 saturated carbocycles. The van der Waals surface area contributed by atoms with Gasteiger partial charge in [0.15, 0.2) is 0 Å². The Hall–Kier alpha value is -2.51. The van der Waals surface area contributed by atoms with Crippen LogP contribution in [0, 0.1) is 11.6 Å². The topological polar surface area (TPSA) is 71.3 Å². The maximum atomic E-state index is 13.8. The normalized spacial score (nSPS) is 17.3. The van der Waals surface area contributed by atoms with Crippen LogP contribution in [0.3, 0.4) is 0 Å². The lowest BCUT2D eigenvalue weighted by Gasteiger charge is -2.22. The van der Waals surface area contributed by atoms with Crippen LogP contribution in [0.25, 0.3) is 11.4 Å². The lowest BCUT2D eigenvalue weighted by atomic mass is 10.2. The first-order valence-electron chi connectivity index (χ1n) is 7.93. The number of carbonyl (C=O) groups excluding carboxylic acids is 1. The average Bonchev–Trinajstić information content (AvgIpc) is 3.21. The Bertz CT molecular complexity index is 735. The number of hydrogen-bond acceptors (Lipinski definition) is 4. The molecule has 6 nitrogen and oxygen atoms in total. The average molecular weight is 336 g/mol. The molecule has 2 aromatic rings. The molecule has 1 aromatic carbocycles. The summed E-state index contributed by atoms with van der Waals surface area (Å²) in [5.41, 5.74) is 0.0615. The van der Waals surface area contributed by atoms with Gasteiger partial charge in [-0.2, -0.15) is 4.98 Å². The summed E-state index contributed by atoms with van der Waals surface area (Å²) in [7, 11) is 0. The largest absolute Gasteiger partial charge is 0.338 e. The summed E-state index contributed by atoms with van der Waals surface area (Å²) in [4.78, 5) is 18.0. The summed E-state index contributed by atoms with van der Waals surface area (Å²) in [6.07, 6.45) is 2.37. The van der Waals surface area contributed by atoms with Gasteiger partial charge in [-0.1, -0.05) is 12.1 Å². The highest BCUT2D eigenvalue weighted by Crippen LogP contribution is 2.32. The van der Waals surface area contributed by atoms with Crippen LogP contribution >= 0.6 is 0 Å². The van der Waals surface area contributed by atoms with E-state index in [0.29, 0.717) is 19.5 Å². The molecule has 8 heteroatoms.